The lowest BCUT2D eigenvalue weighted by molar-refractivity contribution is -0.138. The summed E-state index contributed by atoms with van der Waals surface area (Å²) in [4.78, 5) is 27.3. The van der Waals surface area contributed by atoms with Crippen LogP contribution in [-0.2, 0) is 4.79 Å². The Morgan fingerprint density at radius 1 is 1.33 bits per heavy atom. The molecule has 2 unspecified atom stereocenters. The maximum Gasteiger partial charge on any atom is 0.317 e. The van der Waals surface area contributed by atoms with Gasteiger partial charge in [-0.15, -0.1) is 0 Å². The van der Waals surface area contributed by atoms with Crippen molar-refractivity contribution in [3.05, 3.63) is 0 Å². The van der Waals surface area contributed by atoms with Gasteiger partial charge in [0.15, 0.2) is 0 Å². The minimum atomic E-state index is -0.840. The van der Waals surface area contributed by atoms with Crippen molar-refractivity contribution in [2.45, 2.75) is 38.3 Å². The van der Waals surface area contributed by atoms with Crippen LogP contribution in [0.1, 0.15) is 26.2 Å². The number of likely N-dealkylation sites (tertiary alicyclic amines) is 1. The molecule has 0 aromatic heterocycles. The predicted octanol–water partition coefficient (Wildman–Crippen LogP) is 1.07. The van der Waals surface area contributed by atoms with E-state index in [1.165, 1.54) is 6.42 Å². The van der Waals surface area contributed by atoms with Crippen molar-refractivity contribution in [3.8, 4) is 0 Å². The van der Waals surface area contributed by atoms with Crippen molar-refractivity contribution >= 4 is 23.8 Å². The molecule has 0 spiro atoms. The number of carbonyl (C=O) groups excluding carboxylic acids is 1. The van der Waals surface area contributed by atoms with Gasteiger partial charge in [0.05, 0.1) is 12.5 Å². The maximum atomic E-state index is 12.3. The highest BCUT2D eigenvalue weighted by molar-refractivity contribution is 7.99. The van der Waals surface area contributed by atoms with Crippen molar-refractivity contribution in [1.29, 1.82) is 0 Å². The number of thioether (sulfide) groups is 1. The highest BCUT2D eigenvalue weighted by Crippen LogP contribution is 2.20. The van der Waals surface area contributed by atoms with E-state index < -0.39 is 5.97 Å². The molecule has 2 amide bonds. The Bertz CT molecular complexity index is 380. The zero-order valence-electron chi connectivity index (χ0n) is 12.6. The van der Waals surface area contributed by atoms with Crippen LogP contribution in [0.3, 0.4) is 0 Å². The molecule has 0 aromatic rings. The SMILES string of the molecule is CCN1CCCC1CNC(=O)N1CCSCC1CC(=O)O. The van der Waals surface area contributed by atoms with Crippen molar-refractivity contribution in [1.82, 2.24) is 15.1 Å². The van der Waals surface area contributed by atoms with Crippen LogP contribution in [0.15, 0.2) is 0 Å². The Kier molecular flexibility index (Phi) is 6.17. The summed E-state index contributed by atoms with van der Waals surface area (Å²) < 4.78 is 0. The number of carboxylic acid groups (broad SMARTS) is 1. The van der Waals surface area contributed by atoms with Crippen molar-refractivity contribution in [2.24, 2.45) is 0 Å². The molecule has 0 bridgehead atoms. The molecule has 7 heteroatoms. The summed E-state index contributed by atoms with van der Waals surface area (Å²) in [5, 5.41) is 12.0. The molecule has 2 aliphatic rings. The lowest BCUT2D eigenvalue weighted by atomic mass is 10.2. The number of aliphatic carboxylic acids is 1. The molecule has 120 valence electrons. The van der Waals surface area contributed by atoms with Gasteiger partial charge in [-0.25, -0.2) is 4.79 Å². The van der Waals surface area contributed by atoms with Crippen molar-refractivity contribution < 1.29 is 14.7 Å². The van der Waals surface area contributed by atoms with E-state index in [0.29, 0.717) is 24.9 Å². The van der Waals surface area contributed by atoms with Gasteiger partial charge in [0.1, 0.15) is 0 Å². The Morgan fingerprint density at radius 2 is 2.14 bits per heavy atom. The standard InChI is InChI=1S/C14H25N3O3S/c1-2-16-5-3-4-11(16)9-15-14(20)17-6-7-21-10-12(17)8-13(18)19/h11-12H,2-10H2,1H3,(H,15,20)(H,18,19). The van der Waals surface area contributed by atoms with Crippen LogP contribution >= 0.6 is 11.8 Å². The summed E-state index contributed by atoms with van der Waals surface area (Å²) in [6.07, 6.45) is 2.35. The van der Waals surface area contributed by atoms with Crippen LogP contribution in [0.4, 0.5) is 4.79 Å². The second kappa shape index (κ2) is 7.89. The van der Waals surface area contributed by atoms with Gasteiger partial charge in [-0.05, 0) is 25.9 Å². The first-order valence-corrected chi connectivity index (χ1v) is 8.85. The van der Waals surface area contributed by atoms with E-state index in [1.807, 2.05) is 0 Å². The van der Waals surface area contributed by atoms with Gasteiger partial charge >= 0.3 is 12.0 Å². The number of nitrogens with one attached hydrogen (secondary N) is 1. The van der Waals surface area contributed by atoms with Crippen LogP contribution in [0.5, 0.6) is 0 Å². The van der Waals surface area contributed by atoms with Gasteiger partial charge in [0, 0.05) is 30.6 Å². The third-order valence-electron chi connectivity index (χ3n) is 4.29. The largest absolute Gasteiger partial charge is 0.481 e. The molecule has 0 saturated carbocycles. The topological polar surface area (TPSA) is 72.9 Å². The Hall–Kier alpha value is -0.950. The molecule has 0 aromatic carbocycles. The molecular weight excluding hydrogens is 290 g/mol. The number of urea groups is 1. The molecule has 2 saturated heterocycles. The van der Waals surface area contributed by atoms with E-state index in [0.717, 1.165) is 25.3 Å². The molecule has 2 N–H and O–H groups in total. The average molecular weight is 315 g/mol. The molecule has 0 aliphatic carbocycles. The van der Waals surface area contributed by atoms with E-state index in [9.17, 15) is 9.59 Å². The van der Waals surface area contributed by atoms with Gasteiger partial charge in [-0.1, -0.05) is 6.92 Å². The van der Waals surface area contributed by atoms with Gasteiger partial charge in [-0.2, -0.15) is 11.8 Å². The summed E-state index contributed by atoms with van der Waals surface area (Å²) in [6.45, 7) is 5.57. The van der Waals surface area contributed by atoms with E-state index in [2.05, 4.69) is 17.1 Å². The number of carboxylic acids is 1. The maximum absolute atomic E-state index is 12.3. The van der Waals surface area contributed by atoms with Crippen LogP contribution in [-0.4, -0.2) is 76.7 Å². The van der Waals surface area contributed by atoms with E-state index in [1.54, 1.807) is 16.7 Å². The molecule has 6 nitrogen and oxygen atoms in total. The van der Waals surface area contributed by atoms with Crippen molar-refractivity contribution in [3.63, 3.8) is 0 Å². The van der Waals surface area contributed by atoms with Crippen LogP contribution in [0, 0.1) is 0 Å². The number of nitrogens with zero attached hydrogens (tertiary/aromatic N) is 2. The smallest absolute Gasteiger partial charge is 0.317 e. The fraction of sp³-hybridized carbons (Fsp3) is 0.857. The number of hydrogen-bond acceptors (Lipinski definition) is 4. The zero-order chi connectivity index (χ0) is 15.2. The fourth-order valence-corrected chi connectivity index (χ4v) is 4.20. The first kappa shape index (κ1) is 16.4. The monoisotopic (exact) mass is 315 g/mol. The highest BCUT2D eigenvalue weighted by atomic mass is 32.2. The van der Waals surface area contributed by atoms with E-state index in [4.69, 9.17) is 5.11 Å². The highest BCUT2D eigenvalue weighted by Gasteiger charge is 2.30. The summed E-state index contributed by atoms with van der Waals surface area (Å²) in [6, 6.07) is 0.132. The number of rotatable bonds is 5. The Morgan fingerprint density at radius 3 is 2.86 bits per heavy atom. The summed E-state index contributed by atoms with van der Waals surface area (Å²) in [7, 11) is 0. The van der Waals surface area contributed by atoms with Gasteiger partial charge in [-0.3, -0.25) is 9.69 Å². The molecule has 2 aliphatic heterocycles. The fourth-order valence-electron chi connectivity index (χ4n) is 3.14. The normalized spacial score (nSPS) is 26.8. The van der Waals surface area contributed by atoms with Gasteiger partial charge < -0.3 is 15.3 Å². The second-order valence-electron chi connectivity index (χ2n) is 5.63. The number of hydrogen-bond donors (Lipinski definition) is 2. The minimum Gasteiger partial charge on any atom is -0.481 e. The van der Waals surface area contributed by atoms with E-state index >= 15 is 0 Å². The van der Waals surface area contributed by atoms with Crippen LogP contribution < -0.4 is 5.32 Å². The quantitative estimate of drug-likeness (QED) is 0.794. The number of likely N-dealkylation sites (N-methyl/N-ethyl adjacent to an activating group) is 1. The zero-order valence-corrected chi connectivity index (χ0v) is 13.4. The Balaban J connectivity index is 1.84. The summed E-state index contributed by atoms with van der Waals surface area (Å²) in [5.41, 5.74) is 0. The predicted molar refractivity (Wildman–Crippen MR) is 83.7 cm³/mol. The van der Waals surface area contributed by atoms with Crippen molar-refractivity contribution in [2.75, 3.05) is 37.7 Å². The summed E-state index contributed by atoms with van der Waals surface area (Å²) >= 11 is 1.72. The van der Waals surface area contributed by atoms with Crippen LogP contribution in [0.2, 0.25) is 0 Å². The molecule has 2 rings (SSSR count). The number of carbonyl (C=O) groups is 2. The molecule has 0 radical (unpaired) electrons. The average Bonchev–Trinajstić information content (AvgIpc) is 2.92. The second-order valence-corrected chi connectivity index (χ2v) is 6.78. The number of amides is 2. The summed E-state index contributed by atoms with van der Waals surface area (Å²) in [5.74, 6) is 0.756. The molecule has 2 heterocycles. The molecule has 2 atom stereocenters. The molecular formula is C14H25N3O3S. The molecule has 21 heavy (non-hydrogen) atoms. The van der Waals surface area contributed by atoms with E-state index in [-0.39, 0.29) is 18.5 Å². The van der Waals surface area contributed by atoms with Crippen LogP contribution in [0.25, 0.3) is 0 Å². The van der Waals surface area contributed by atoms with Gasteiger partial charge in [0.25, 0.3) is 0 Å². The third-order valence-corrected chi connectivity index (χ3v) is 5.38. The minimum absolute atomic E-state index is 0.0327. The lowest BCUT2D eigenvalue weighted by Gasteiger charge is -2.35. The third kappa shape index (κ3) is 4.51. The van der Waals surface area contributed by atoms with Gasteiger partial charge in [0.2, 0.25) is 0 Å². The first-order valence-electron chi connectivity index (χ1n) is 7.70. The lowest BCUT2D eigenvalue weighted by Crippen LogP contribution is -2.53. The Labute approximate surface area is 130 Å². The molecule has 2 fully saturated rings. The first-order chi connectivity index (χ1) is 10.1.